The average molecular weight is 239 g/mol. The van der Waals surface area contributed by atoms with E-state index in [-0.39, 0.29) is 5.69 Å². The second-order valence-electron chi connectivity index (χ2n) is 4.50. The number of carboxylic acid groups (broad SMARTS) is 1. The van der Waals surface area contributed by atoms with Crippen molar-refractivity contribution >= 4 is 5.97 Å². The topological polar surface area (TPSA) is 72.6 Å². The SMILES string of the molecule is O=C(O)c1cc(COCC2CCCCC2)on1. The van der Waals surface area contributed by atoms with Crippen LogP contribution in [0, 0.1) is 5.92 Å². The minimum Gasteiger partial charge on any atom is -0.476 e. The molecule has 94 valence electrons. The van der Waals surface area contributed by atoms with Crippen LogP contribution in [0.15, 0.2) is 10.6 Å². The first-order chi connectivity index (χ1) is 8.25. The lowest BCUT2D eigenvalue weighted by molar-refractivity contribution is 0.0602. The smallest absolute Gasteiger partial charge is 0.358 e. The molecule has 0 spiro atoms. The Morgan fingerprint density at radius 1 is 1.47 bits per heavy atom. The van der Waals surface area contributed by atoms with Crippen molar-refractivity contribution in [2.75, 3.05) is 6.61 Å². The van der Waals surface area contributed by atoms with Gasteiger partial charge in [-0.15, -0.1) is 0 Å². The summed E-state index contributed by atoms with van der Waals surface area (Å²) in [5, 5.41) is 12.1. The molecule has 0 bridgehead atoms. The molecule has 5 nitrogen and oxygen atoms in total. The molecule has 0 aliphatic heterocycles. The Morgan fingerprint density at radius 3 is 2.88 bits per heavy atom. The number of nitrogens with zero attached hydrogens (tertiary/aromatic N) is 1. The van der Waals surface area contributed by atoms with Crippen molar-refractivity contribution in [3.63, 3.8) is 0 Å². The highest BCUT2D eigenvalue weighted by atomic mass is 16.5. The van der Waals surface area contributed by atoms with Gasteiger partial charge in [-0.05, 0) is 18.8 Å². The van der Waals surface area contributed by atoms with Crippen LogP contribution in [-0.2, 0) is 11.3 Å². The Kier molecular flexibility index (Phi) is 4.14. The second kappa shape index (κ2) is 5.82. The van der Waals surface area contributed by atoms with Crippen molar-refractivity contribution in [1.82, 2.24) is 5.16 Å². The van der Waals surface area contributed by atoms with Crippen LogP contribution in [0.1, 0.15) is 48.4 Å². The van der Waals surface area contributed by atoms with Gasteiger partial charge in [0.1, 0.15) is 6.61 Å². The van der Waals surface area contributed by atoms with E-state index >= 15 is 0 Å². The zero-order valence-corrected chi connectivity index (χ0v) is 9.72. The highest BCUT2D eigenvalue weighted by Gasteiger charge is 2.14. The lowest BCUT2D eigenvalue weighted by Gasteiger charge is -2.20. The Balaban J connectivity index is 1.71. The standard InChI is InChI=1S/C12H17NO4/c14-12(15)11-6-10(17-13-11)8-16-7-9-4-2-1-3-5-9/h6,9H,1-5,7-8H2,(H,14,15). The molecule has 17 heavy (non-hydrogen) atoms. The number of hydrogen-bond donors (Lipinski definition) is 1. The van der Waals surface area contributed by atoms with Gasteiger partial charge < -0.3 is 14.4 Å². The van der Waals surface area contributed by atoms with E-state index in [9.17, 15) is 4.79 Å². The highest BCUT2D eigenvalue weighted by molar-refractivity contribution is 5.85. The Hall–Kier alpha value is -1.36. The van der Waals surface area contributed by atoms with Crippen LogP contribution >= 0.6 is 0 Å². The molecule has 0 amide bonds. The zero-order valence-electron chi connectivity index (χ0n) is 9.72. The number of aromatic carboxylic acids is 1. The molecule has 1 aliphatic rings. The molecule has 5 heteroatoms. The summed E-state index contributed by atoms with van der Waals surface area (Å²) >= 11 is 0. The van der Waals surface area contributed by atoms with Gasteiger partial charge in [-0.3, -0.25) is 0 Å². The normalized spacial score (nSPS) is 17.2. The minimum absolute atomic E-state index is 0.0683. The highest BCUT2D eigenvalue weighted by Crippen LogP contribution is 2.23. The lowest BCUT2D eigenvalue weighted by Crippen LogP contribution is -2.13. The van der Waals surface area contributed by atoms with E-state index in [0.29, 0.717) is 18.3 Å². The van der Waals surface area contributed by atoms with Crippen molar-refractivity contribution < 1.29 is 19.2 Å². The molecule has 1 heterocycles. The number of carbonyl (C=O) groups is 1. The molecule has 1 saturated carbocycles. The van der Waals surface area contributed by atoms with Gasteiger partial charge in [-0.1, -0.05) is 24.4 Å². The van der Waals surface area contributed by atoms with E-state index < -0.39 is 5.97 Å². The summed E-state index contributed by atoms with van der Waals surface area (Å²) in [4.78, 5) is 10.6. The predicted octanol–water partition coefficient (Wildman–Crippen LogP) is 2.47. The summed E-state index contributed by atoms with van der Waals surface area (Å²) in [7, 11) is 0. The second-order valence-corrected chi connectivity index (χ2v) is 4.50. The predicted molar refractivity (Wildman–Crippen MR) is 59.7 cm³/mol. The monoisotopic (exact) mass is 239 g/mol. The van der Waals surface area contributed by atoms with Crippen LogP contribution in [0.5, 0.6) is 0 Å². The third kappa shape index (κ3) is 3.56. The summed E-state index contributed by atoms with van der Waals surface area (Å²) in [5.74, 6) is 0.0381. The quantitative estimate of drug-likeness (QED) is 0.854. The molecule has 0 unspecified atom stereocenters. The van der Waals surface area contributed by atoms with Gasteiger partial charge in [0.05, 0.1) is 0 Å². The van der Waals surface area contributed by atoms with Crippen LogP contribution in [0.4, 0.5) is 0 Å². The Labute approximate surface area is 99.7 Å². The third-order valence-corrected chi connectivity index (χ3v) is 3.10. The average Bonchev–Trinajstić information content (AvgIpc) is 2.79. The molecular weight excluding hydrogens is 222 g/mol. The first kappa shape index (κ1) is 12.1. The van der Waals surface area contributed by atoms with Crippen LogP contribution in [0.25, 0.3) is 0 Å². The van der Waals surface area contributed by atoms with Crippen LogP contribution in [0.3, 0.4) is 0 Å². The van der Waals surface area contributed by atoms with Gasteiger partial charge in [0.25, 0.3) is 0 Å². The van der Waals surface area contributed by atoms with Crippen molar-refractivity contribution in [3.8, 4) is 0 Å². The fraction of sp³-hybridized carbons (Fsp3) is 0.667. The fourth-order valence-corrected chi connectivity index (χ4v) is 2.16. The first-order valence-corrected chi connectivity index (χ1v) is 6.02. The van der Waals surface area contributed by atoms with Gasteiger partial charge in [-0.25, -0.2) is 4.79 Å². The van der Waals surface area contributed by atoms with Gasteiger partial charge in [0, 0.05) is 12.7 Å². The summed E-state index contributed by atoms with van der Waals surface area (Å²) in [6, 6.07) is 1.41. The first-order valence-electron chi connectivity index (χ1n) is 6.02. The van der Waals surface area contributed by atoms with E-state index in [1.807, 2.05) is 0 Å². The van der Waals surface area contributed by atoms with E-state index in [2.05, 4.69) is 5.16 Å². The van der Waals surface area contributed by atoms with Crippen molar-refractivity contribution in [1.29, 1.82) is 0 Å². The van der Waals surface area contributed by atoms with Gasteiger partial charge in [-0.2, -0.15) is 0 Å². The molecular formula is C12H17NO4. The molecule has 0 saturated heterocycles. The summed E-state index contributed by atoms with van der Waals surface area (Å²) in [5.41, 5.74) is -0.0683. The van der Waals surface area contributed by atoms with Crippen LogP contribution in [0.2, 0.25) is 0 Å². The summed E-state index contributed by atoms with van der Waals surface area (Å²) in [6.45, 7) is 1.03. The Morgan fingerprint density at radius 2 is 2.24 bits per heavy atom. The van der Waals surface area contributed by atoms with Crippen molar-refractivity contribution in [2.45, 2.75) is 38.7 Å². The van der Waals surface area contributed by atoms with E-state index in [4.69, 9.17) is 14.4 Å². The maximum absolute atomic E-state index is 10.6. The van der Waals surface area contributed by atoms with E-state index in [1.165, 1.54) is 38.2 Å². The fourth-order valence-electron chi connectivity index (χ4n) is 2.16. The maximum atomic E-state index is 10.6. The Bertz CT molecular complexity index is 368. The van der Waals surface area contributed by atoms with Crippen molar-refractivity contribution in [2.24, 2.45) is 5.92 Å². The molecule has 1 fully saturated rings. The van der Waals surface area contributed by atoms with Crippen LogP contribution < -0.4 is 0 Å². The molecule has 0 atom stereocenters. The summed E-state index contributed by atoms with van der Waals surface area (Å²) in [6.07, 6.45) is 6.38. The number of aromatic nitrogens is 1. The molecule has 1 aliphatic carbocycles. The number of carboxylic acids is 1. The minimum atomic E-state index is -1.08. The molecule has 0 aromatic carbocycles. The molecule has 1 aromatic heterocycles. The van der Waals surface area contributed by atoms with Gasteiger partial charge in [0.15, 0.2) is 11.5 Å². The molecule has 0 radical (unpaired) electrons. The molecule has 1 aromatic rings. The van der Waals surface area contributed by atoms with Crippen molar-refractivity contribution in [3.05, 3.63) is 17.5 Å². The van der Waals surface area contributed by atoms with Gasteiger partial charge in [0.2, 0.25) is 0 Å². The number of hydrogen-bond acceptors (Lipinski definition) is 4. The zero-order chi connectivity index (χ0) is 12.1. The van der Waals surface area contributed by atoms with E-state index in [0.717, 1.165) is 6.61 Å². The molecule has 1 N–H and O–H groups in total. The number of ether oxygens (including phenoxy) is 1. The largest absolute Gasteiger partial charge is 0.476 e. The van der Waals surface area contributed by atoms with Gasteiger partial charge >= 0.3 is 5.97 Å². The van der Waals surface area contributed by atoms with E-state index in [1.54, 1.807) is 0 Å². The molecule has 2 rings (SSSR count). The lowest BCUT2D eigenvalue weighted by atomic mass is 9.90. The summed E-state index contributed by atoms with van der Waals surface area (Å²) < 4.78 is 10.4. The maximum Gasteiger partial charge on any atom is 0.358 e. The third-order valence-electron chi connectivity index (χ3n) is 3.10. The van der Waals surface area contributed by atoms with Crippen LogP contribution in [-0.4, -0.2) is 22.8 Å². The number of rotatable bonds is 5.